The Labute approximate surface area is 155 Å². The lowest BCUT2D eigenvalue weighted by atomic mass is 9.64. The van der Waals surface area contributed by atoms with Gasteiger partial charge in [-0.3, -0.25) is 4.79 Å². The zero-order chi connectivity index (χ0) is 17.4. The molecular formula is C20H20BrN3O. The van der Waals surface area contributed by atoms with Crippen LogP contribution < -0.4 is 5.32 Å². The Kier molecular flexibility index (Phi) is 4.12. The predicted molar refractivity (Wildman–Crippen MR) is 102 cm³/mol. The number of imidazole rings is 1. The predicted octanol–water partition coefficient (Wildman–Crippen LogP) is 4.07. The van der Waals surface area contributed by atoms with E-state index < -0.39 is 0 Å². The van der Waals surface area contributed by atoms with Gasteiger partial charge in [0.15, 0.2) is 0 Å². The number of benzene rings is 2. The summed E-state index contributed by atoms with van der Waals surface area (Å²) in [6, 6.07) is 16.1. The van der Waals surface area contributed by atoms with E-state index in [9.17, 15) is 4.79 Å². The number of hydrogen-bond acceptors (Lipinski definition) is 2. The van der Waals surface area contributed by atoms with Crippen LogP contribution in [0.3, 0.4) is 0 Å². The van der Waals surface area contributed by atoms with Gasteiger partial charge in [0.25, 0.3) is 0 Å². The molecule has 1 aliphatic rings. The Hall–Kier alpha value is -2.14. The molecule has 3 aromatic rings. The number of halogens is 1. The molecule has 0 aliphatic heterocycles. The third-order valence-electron chi connectivity index (χ3n) is 5.33. The van der Waals surface area contributed by atoms with Crippen molar-refractivity contribution in [3.8, 4) is 0 Å². The largest absolute Gasteiger partial charge is 0.348 e. The molecule has 128 valence electrons. The highest BCUT2D eigenvalue weighted by Gasteiger charge is 2.45. The van der Waals surface area contributed by atoms with Gasteiger partial charge in [0.2, 0.25) is 5.91 Å². The van der Waals surface area contributed by atoms with Crippen LogP contribution in [0.25, 0.3) is 11.0 Å². The Bertz CT molecular complexity index is 926. The molecule has 0 bridgehead atoms. The minimum absolute atomic E-state index is 0.105. The summed E-state index contributed by atoms with van der Waals surface area (Å²) in [5, 5.41) is 3.12. The van der Waals surface area contributed by atoms with E-state index in [0.717, 1.165) is 46.2 Å². The van der Waals surface area contributed by atoms with Gasteiger partial charge in [0.05, 0.1) is 23.0 Å². The number of nitrogens with one attached hydrogen (secondary N) is 1. The summed E-state index contributed by atoms with van der Waals surface area (Å²) in [5.41, 5.74) is 2.76. The van der Waals surface area contributed by atoms with E-state index >= 15 is 0 Å². The summed E-state index contributed by atoms with van der Waals surface area (Å²) in [5.74, 6) is 0.980. The summed E-state index contributed by atoms with van der Waals surface area (Å²) in [6.45, 7) is 0.447. The van der Waals surface area contributed by atoms with E-state index in [0.29, 0.717) is 6.54 Å². The second kappa shape index (κ2) is 6.30. The SMILES string of the molecule is Cn1c(CNC(=O)C2(c3ccc(Br)cc3)CCC2)nc2ccccc21. The van der Waals surface area contributed by atoms with Gasteiger partial charge in [-0.25, -0.2) is 4.98 Å². The van der Waals surface area contributed by atoms with Crippen LogP contribution in [-0.4, -0.2) is 15.5 Å². The quantitative estimate of drug-likeness (QED) is 0.720. The summed E-state index contributed by atoms with van der Waals surface area (Å²) in [6.07, 6.45) is 2.90. The first kappa shape index (κ1) is 16.3. The normalized spacial score (nSPS) is 15.8. The fraction of sp³-hybridized carbons (Fsp3) is 0.300. The number of aryl methyl sites for hydroxylation is 1. The Morgan fingerprint density at radius 2 is 1.92 bits per heavy atom. The molecule has 1 N–H and O–H groups in total. The van der Waals surface area contributed by atoms with E-state index in [2.05, 4.69) is 38.4 Å². The van der Waals surface area contributed by atoms with E-state index in [-0.39, 0.29) is 11.3 Å². The molecule has 1 aliphatic carbocycles. The molecule has 0 spiro atoms. The average Bonchev–Trinajstić information content (AvgIpc) is 2.90. The number of carbonyl (C=O) groups is 1. The van der Waals surface area contributed by atoms with Crippen LogP contribution in [0.1, 0.15) is 30.7 Å². The molecule has 1 saturated carbocycles. The lowest BCUT2D eigenvalue weighted by Crippen LogP contribution is -2.49. The Balaban J connectivity index is 1.54. The van der Waals surface area contributed by atoms with Crippen molar-refractivity contribution in [1.82, 2.24) is 14.9 Å². The summed E-state index contributed by atoms with van der Waals surface area (Å²) in [7, 11) is 1.99. The van der Waals surface area contributed by atoms with Crippen molar-refractivity contribution in [3.05, 3.63) is 64.4 Å². The lowest BCUT2D eigenvalue weighted by molar-refractivity contribution is -0.130. The molecule has 0 saturated heterocycles. The first-order chi connectivity index (χ1) is 12.1. The molecule has 1 heterocycles. The topological polar surface area (TPSA) is 46.9 Å². The third-order valence-corrected chi connectivity index (χ3v) is 5.85. The number of nitrogens with zero attached hydrogens (tertiary/aromatic N) is 2. The van der Waals surface area contributed by atoms with Crippen LogP contribution in [-0.2, 0) is 23.8 Å². The van der Waals surface area contributed by atoms with Crippen LogP contribution in [0.2, 0.25) is 0 Å². The van der Waals surface area contributed by atoms with Crippen LogP contribution in [0.5, 0.6) is 0 Å². The van der Waals surface area contributed by atoms with E-state index in [1.165, 1.54) is 0 Å². The maximum Gasteiger partial charge on any atom is 0.231 e. The second-order valence-corrected chi connectivity index (χ2v) is 7.62. The highest BCUT2D eigenvalue weighted by Crippen LogP contribution is 2.44. The number of para-hydroxylation sites is 2. The molecule has 0 unspecified atom stereocenters. The first-order valence-electron chi connectivity index (χ1n) is 8.55. The first-order valence-corrected chi connectivity index (χ1v) is 9.34. The van der Waals surface area contributed by atoms with E-state index in [1.54, 1.807) is 0 Å². The van der Waals surface area contributed by atoms with Crippen LogP contribution in [0.15, 0.2) is 53.0 Å². The Morgan fingerprint density at radius 1 is 1.20 bits per heavy atom. The van der Waals surface area contributed by atoms with Gasteiger partial charge in [0.1, 0.15) is 5.82 Å². The molecule has 0 atom stereocenters. The molecule has 0 radical (unpaired) electrons. The summed E-state index contributed by atoms with van der Waals surface area (Å²) >= 11 is 3.46. The maximum atomic E-state index is 13.0. The van der Waals surface area contributed by atoms with Gasteiger partial charge in [0, 0.05) is 11.5 Å². The molecule has 5 heteroatoms. The number of rotatable bonds is 4. The van der Waals surface area contributed by atoms with Gasteiger partial charge in [-0.1, -0.05) is 46.6 Å². The van der Waals surface area contributed by atoms with E-state index in [4.69, 9.17) is 0 Å². The molecule has 4 nitrogen and oxygen atoms in total. The van der Waals surface area contributed by atoms with Crippen molar-refractivity contribution >= 4 is 32.9 Å². The van der Waals surface area contributed by atoms with Gasteiger partial charge >= 0.3 is 0 Å². The fourth-order valence-electron chi connectivity index (χ4n) is 3.63. The van der Waals surface area contributed by atoms with Gasteiger partial charge in [-0.15, -0.1) is 0 Å². The van der Waals surface area contributed by atoms with Crippen LogP contribution in [0.4, 0.5) is 0 Å². The van der Waals surface area contributed by atoms with Crippen LogP contribution >= 0.6 is 15.9 Å². The summed E-state index contributed by atoms with van der Waals surface area (Å²) in [4.78, 5) is 17.6. The van der Waals surface area contributed by atoms with Crippen molar-refractivity contribution in [2.45, 2.75) is 31.2 Å². The monoisotopic (exact) mass is 397 g/mol. The third kappa shape index (κ3) is 2.76. The molecule has 2 aromatic carbocycles. The zero-order valence-electron chi connectivity index (χ0n) is 14.1. The standard InChI is InChI=1S/C20H20BrN3O/c1-24-17-6-3-2-5-16(17)23-18(24)13-22-19(25)20(11-4-12-20)14-7-9-15(21)10-8-14/h2-3,5-10H,4,11-13H2,1H3,(H,22,25). The zero-order valence-corrected chi connectivity index (χ0v) is 15.7. The smallest absolute Gasteiger partial charge is 0.231 e. The highest BCUT2D eigenvalue weighted by atomic mass is 79.9. The minimum atomic E-state index is -0.384. The van der Waals surface area contributed by atoms with Gasteiger partial charge in [-0.2, -0.15) is 0 Å². The number of amides is 1. The van der Waals surface area contributed by atoms with Gasteiger partial charge < -0.3 is 9.88 Å². The van der Waals surface area contributed by atoms with Crippen LogP contribution in [0, 0.1) is 0 Å². The number of hydrogen-bond donors (Lipinski definition) is 1. The molecule has 1 fully saturated rings. The molecular weight excluding hydrogens is 378 g/mol. The minimum Gasteiger partial charge on any atom is -0.348 e. The molecule has 25 heavy (non-hydrogen) atoms. The van der Waals surface area contributed by atoms with Crippen molar-refractivity contribution < 1.29 is 4.79 Å². The molecule has 4 rings (SSSR count). The summed E-state index contributed by atoms with van der Waals surface area (Å²) < 4.78 is 3.08. The number of fused-ring (bicyclic) bond motifs is 1. The highest BCUT2D eigenvalue weighted by molar-refractivity contribution is 9.10. The van der Waals surface area contributed by atoms with Crippen molar-refractivity contribution in [3.63, 3.8) is 0 Å². The molecule has 1 aromatic heterocycles. The maximum absolute atomic E-state index is 13.0. The van der Waals surface area contributed by atoms with E-state index in [1.807, 2.05) is 48.0 Å². The van der Waals surface area contributed by atoms with Gasteiger partial charge in [-0.05, 0) is 42.7 Å². The number of carbonyl (C=O) groups excluding carboxylic acids is 1. The van der Waals surface area contributed by atoms with Crippen molar-refractivity contribution in [1.29, 1.82) is 0 Å². The number of aromatic nitrogens is 2. The second-order valence-electron chi connectivity index (χ2n) is 6.70. The average molecular weight is 398 g/mol. The lowest BCUT2D eigenvalue weighted by Gasteiger charge is -2.40. The van der Waals surface area contributed by atoms with Crippen molar-refractivity contribution in [2.75, 3.05) is 0 Å². The fourth-order valence-corrected chi connectivity index (χ4v) is 3.89. The molecule has 1 amide bonds. The Morgan fingerprint density at radius 3 is 2.56 bits per heavy atom. The van der Waals surface area contributed by atoms with Crippen molar-refractivity contribution in [2.24, 2.45) is 7.05 Å².